The maximum atomic E-state index is 12.5. The summed E-state index contributed by atoms with van der Waals surface area (Å²) in [7, 11) is 0. The minimum Gasteiger partial charge on any atom is -0.394 e. The summed E-state index contributed by atoms with van der Waals surface area (Å²) in [4.78, 5) is 12.5. The first kappa shape index (κ1) is 54.1. The number of hydrogen-bond acceptors (Lipinski definition) is 4. The monoisotopic (exact) mass is 778 g/mol. The van der Waals surface area contributed by atoms with E-state index in [9.17, 15) is 20.1 Å². The van der Waals surface area contributed by atoms with E-state index in [0.717, 1.165) is 32.1 Å². The molecule has 3 unspecified atom stereocenters. The minimum absolute atomic E-state index is 0.310. The van der Waals surface area contributed by atoms with Crippen molar-refractivity contribution in [1.82, 2.24) is 5.32 Å². The lowest BCUT2D eigenvalue weighted by Crippen LogP contribution is -2.49. The molecule has 5 heteroatoms. The van der Waals surface area contributed by atoms with Crippen LogP contribution < -0.4 is 5.32 Å². The minimum atomic E-state index is -1.07. The van der Waals surface area contributed by atoms with Crippen molar-refractivity contribution in [2.75, 3.05) is 6.61 Å². The Balaban J connectivity index is 3.43. The third-order valence-electron chi connectivity index (χ3n) is 11.9. The van der Waals surface area contributed by atoms with Crippen LogP contribution in [-0.4, -0.2) is 46.1 Å². The van der Waals surface area contributed by atoms with Gasteiger partial charge in [0.2, 0.25) is 5.91 Å². The Labute approximate surface area is 344 Å². The second kappa shape index (κ2) is 45.8. The Morgan fingerprint density at radius 3 is 1.00 bits per heavy atom. The van der Waals surface area contributed by atoms with Crippen molar-refractivity contribution in [3.05, 3.63) is 12.2 Å². The molecule has 0 aromatic heterocycles. The van der Waals surface area contributed by atoms with Crippen LogP contribution in [0.25, 0.3) is 0 Å². The molecule has 0 spiro atoms. The predicted octanol–water partition coefficient (Wildman–Crippen LogP) is 14.8. The fraction of sp³-hybridized carbons (Fsp3) is 0.940. The summed E-state index contributed by atoms with van der Waals surface area (Å²) in [5.41, 5.74) is 0. The largest absolute Gasteiger partial charge is 0.394 e. The van der Waals surface area contributed by atoms with Gasteiger partial charge in [-0.1, -0.05) is 251 Å². The predicted molar refractivity (Wildman–Crippen MR) is 241 cm³/mol. The van der Waals surface area contributed by atoms with Gasteiger partial charge in [-0.25, -0.2) is 0 Å². The van der Waals surface area contributed by atoms with Gasteiger partial charge in [-0.3, -0.25) is 4.79 Å². The highest BCUT2D eigenvalue weighted by molar-refractivity contribution is 5.80. The first-order valence-electron chi connectivity index (χ1n) is 25.0. The van der Waals surface area contributed by atoms with Gasteiger partial charge in [-0.2, -0.15) is 0 Å². The molecule has 0 aromatic carbocycles. The van der Waals surface area contributed by atoms with Gasteiger partial charge in [0, 0.05) is 0 Å². The molecule has 3 atom stereocenters. The van der Waals surface area contributed by atoms with Crippen molar-refractivity contribution in [2.45, 2.75) is 295 Å². The number of aliphatic hydroxyl groups is 3. The van der Waals surface area contributed by atoms with Gasteiger partial charge in [-0.05, 0) is 38.5 Å². The zero-order valence-corrected chi connectivity index (χ0v) is 37.3. The van der Waals surface area contributed by atoms with Crippen molar-refractivity contribution in [3.8, 4) is 0 Å². The van der Waals surface area contributed by atoms with E-state index < -0.39 is 24.2 Å². The SMILES string of the molecule is CCCCCCCCCCCCCC/C=C\CCCCCCCCCCCCCCCCCCC(O)C(=O)NC(CO)C(O)CCCCCCCCCCC. The van der Waals surface area contributed by atoms with E-state index in [1.165, 1.54) is 218 Å². The molecule has 0 heterocycles. The van der Waals surface area contributed by atoms with E-state index in [-0.39, 0.29) is 6.61 Å². The Kier molecular flexibility index (Phi) is 45.0. The van der Waals surface area contributed by atoms with E-state index >= 15 is 0 Å². The smallest absolute Gasteiger partial charge is 0.249 e. The van der Waals surface area contributed by atoms with Gasteiger partial charge < -0.3 is 20.6 Å². The summed E-state index contributed by atoms with van der Waals surface area (Å²) in [5.74, 6) is -0.469. The molecule has 5 nitrogen and oxygen atoms in total. The highest BCUT2D eigenvalue weighted by Gasteiger charge is 2.23. The molecule has 0 aliphatic heterocycles. The molecule has 0 saturated heterocycles. The molecule has 0 saturated carbocycles. The van der Waals surface area contributed by atoms with Crippen LogP contribution in [0.3, 0.4) is 0 Å². The zero-order chi connectivity index (χ0) is 40.1. The average molecular weight is 778 g/mol. The van der Waals surface area contributed by atoms with Crippen molar-refractivity contribution < 1.29 is 20.1 Å². The molecule has 1 amide bonds. The van der Waals surface area contributed by atoms with Crippen LogP contribution in [0.2, 0.25) is 0 Å². The third kappa shape index (κ3) is 41.1. The second-order valence-corrected chi connectivity index (χ2v) is 17.4. The molecule has 55 heavy (non-hydrogen) atoms. The van der Waals surface area contributed by atoms with Crippen molar-refractivity contribution in [1.29, 1.82) is 0 Å². The van der Waals surface area contributed by atoms with Crippen LogP contribution in [0.1, 0.15) is 277 Å². The van der Waals surface area contributed by atoms with E-state index in [0.29, 0.717) is 12.8 Å². The Hall–Kier alpha value is -0.910. The number of aliphatic hydroxyl groups excluding tert-OH is 3. The summed E-state index contributed by atoms with van der Waals surface area (Å²) in [6, 6.07) is -0.706. The number of rotatable bonds is 46. The van der Waals surface area contributed by atoms with E-state index in [4.69, 9.17) is 0 Å². The molecule has 328 valence electrons. The number of unbranched alkanes of at least 4 members (excludes halogenated alkanes) is 36. The molecule has 0 bridgehead atoms. The van der Waals surface area contributed by atoms with Crippen molar-refractivity contribution in [2.24, 2.45) is 0 Å². The molecule has 0 aromatic rings. The first-order valence-corrected chi connectivity index (χ1v) is 25.0. The average Bonchev–Trinajstić information content (AvgIpc) is 3.19. The molecule has 0 fully saturated rings. The van der Waals surface area contributed by atoms with Gasteiger partial charge in [0.1, 0.15) is 6.10 Å². The van der Waals surface area contributed by atoms with Crippen molar-refractivity contribution >= 4 is 5.91 Å². The lowest BCUT2D eigenvalue weighted by atomic mass is 10.0. The number of carbonyl (C=O) groups is 1. The fourth-order valence-corrected chi connectivity index (χ4v) is 7.95. The topological polar surface area (TPSA) is 89.8 Å². The first-order chi connectivity index (χ1) is 27.1. The van der Waals surface area contributed by atoms with Crippen LogP contribution in [0.4, 0.5) is 0 Å². The molecule has 0 rings (SSSR count). The summed E-state index contributed by atoms with van der Waals surface area (Å²) >= 11 is 0. The number of amides is 1. The summed E-state index contributed by atoms with van der Waals surface area (Å²) in [5, 5.41) is 33.2. The highest BCUT2D eigenvalue weighted by Crippen LogP contribution is 2.17. The number of allylic oxidation sites excluding steroid dienone is 2. The summed E-state index contributed by atoms with van der Waals surface area (Å²) < 4.78 is 0. The van der Waals surface area contributed by atoms with Crippen LogP contribution in [-0.2, 0) is 4.79 Å². The van der Waals surface area contributed by atoms with Crippen LogP contribution in [0.15, 0.2) is 12.2 Å². The fourth-order valence-electron chi connectivity index (χ4n) is 7.95. The maximum absolute atomic E-state index is 12.5. The lowest BCUT2D eigenvalue weighted by molar-refractivity contribution is -0.131. The zero-order valence-electron chi connectivity index (χ0n) is 37.3. The standard InChI is InChI=1S/C50H99NO4/c1-3-5-7-9-11-13-14-15-16-17-18-19-20-21-22-23-24-25-26-27-28-29-30-31-32-33-34-35-37-39-41-43-45-49(54)50(55)51-47(46-52)48(53)44-42-40-38-36-12-10-8-6-4-2/h21-22,47-49,52-54H,3-20,23-46H2,1-2H3,(H,51,55)/b22-21-. The van der Waals surface area contributed by atoms with Crippen LogP contribution in [0.5, 0.6) is 0 Å². The Bertz CT molecular complexity index is 773. The van der Waals surface area contributed by atoms with Gasteiger partial charge in [0.15, 0.2) is 0 Å². The molecular weight excluding hydrogens is 679 g/mol. The summed E-state index contributed by atoms with van der Waals surface area (Å²) in [6.07, 6.45) is 55.5. The third-order valence-corrected chi connectivity index (χ3v) is 11.9. The second-order valence-electron chi connectivity index (χ2n) is 17.4. The Morgan fingerprint density at radius 1 is 0.418 bits per heavy atom. The molecule has 0 aliphatic rings. The molecule has 0 aliphatic carbocycles. The number of hydrogen-bond donors (Lipinski definition) is 4. The van der Waals surface area contributed by atoms with Crippen LogP contribution >= 0.6 is 0 Å². The summed E-state index contributed by atoms with van der Waals surface area (Å²) in [6.45, 7) is 4.22. The van der Waals surface area contributed by atoms with Gasteiger partial charge in [0.25, 0.3) is 0 Å². The van der Waals surface area contributed by atoms with Crippen molar-refractivity contribution in [3.63, 3.8) is 0 Å². The van der Waals surface area contributed by atoms with Gasteiger partial charge in [0.05, 0.1) is 18.8 Å². The van der Waals surface area contributed by atoms with Crippen LogP contribution in [0, 0.1) is 0 Å². The van der Waals surface area contributed by atoms with E-state index in [2.05, 4.69) is 31.3 Å². The van der Waals surface area contributed by atoms with Gasteiger partial charge in [-0.15, -0.1) is 0 Å². The maximum Gasteiger partial charge on any atom is 0.249 e. The number of nitrogens with one attached hydrogen (secondary N) is 1. The Morgan fingerprint density at radius 2 is 0.691 bits per heavy atom. The quantitative estimate of drug-likeness (QED) is 0.0366. The lowest BCUT2D eigenvalue weighted by Gasteiger charge is -2.23. The highest BCUT2D eigenvalue weighted by atomic mass is 16.3. The number of carbonyl (C=O) groups excluding carboxylic acids is 1. The van der Waals surface area contributed by atoms with Gasteiger partial charge >= 0.3 is 0 Å². The van der Waals surface area contributed by atoms with E-state index in [1.54, 1.807) is 0 Å². The molecule has 0 radical (unpaired) electrons. The molecular formula is C50H99NO4. The molecule has 4 N–H and O–H groups in total. The normalized spacial score (nSPS) is 13.5. The van der Waals surface area contributed by atoms with E-state index in [1.807, 2.05) is 0 Å².